The number of carbonyl (C=O) groups excluding carboxylic acids is 2. The molecular weight excluding hydrogens is 378 g/mol. The highest BCUT2D eigenvalue weighted by molar-refractivity contribution is 6.18. The molecule has 4 rings (SSSR count). The number of nitrogens with zero attached hydrogens (tertiary/aromatic N) is 4. The zero-order chi connectivity index (χ0) is 20.6. The molecule has 11 heteroatoms. The summed E-state index contributed by atoms with van der Waals surface area (Å²) in [6.07, 6.45) is 4.91. The van der Waals surface area contributed by atoms with Crippen molar-refractivity contribution in [2.45, 2.75) is 44.4 Å². The van der Waals surface area contributed by atoms with E-state index >= 15 is 0 Å². The number of fused-ring (bicyclic) bond motifs is 1. The number of oxime groups is 1. The molecule has 0 spiro atoms. The lowest BCUT2D eigenvalue weighted by Crippen LogP contribution is -2.54. The van der Waals surface area contributed by atoms with Crippen molar-refractivity contribution in [1.29, 1.82) is 0 Å². The predicted octanol–water partition coefficient (Wildman–Crippen LogP) is -0.124. The topological polar surface area (TPSA) is 160 Å². The smallest absolute Gasteiger partial charge is 0.296 e. The Labute approximate surface area is 166 Å². The highest BCUT2D eigenvalue weighted by atomic mass is 16.7. The Balaban J connectivity index is 1.76. The van der Waals surface area contributed by atoms with Gasteiger partial charge < -0.3 is 26.4 Å². The van der Waals surface area contributed by atoms with E-state index in [9.17, 15) is 9.59 Å². The second-order valence-electron chi connectivity index (χ2n) is 7.14. The Morgan fingerprint density at radius 2 is 2.00 bits per heavy atom. The van der Waals surface area contributed by atoms with Crippen molar-refractivity contribution in [3.8, 4) is 0 Å². The van der Waals surface area contributed by atoms with Crippen molar-refractivity contribution in [2.24, 2.45) is 16.6 Å². The van der Waals surface area contributed by atoms with Gasteiger partial charge in [0.05, 0.1) is 29.4 Å². The lowest BCUT2D eigenvalue weighted by atomic mass is 9.92. The van der Waals surface area contributed by atoms with Crippen LogP contribution >= 0.6 is 0 Å². The van der Waals surface area contributed by atoms with E-state index in [1.165, 1.54) is 0 Å². The van der Waals surface area contributed by atoms with Crippen molar-refractivity contribution in [1.82, 2.24) is 14.8 Å². The molecule has 0 radical (unpaired) electrons. The number of pyridine rings is 1. The van der Waals surface area contributed by atoms with E-state index in [-0.39, 0.29) is 12.5 Å². The van der Waals surface area contributed by atoms with Crippen molar-refractivity contribution in [2.75, 3.05) is 18.5 Å². The van der Waals surface area contributed by atoms with E-state index < -0.39 is 17.4 Å². The molecule has 0 unspecified atom stereocenters. The number of nitrogens with two attached hydrogens (primary N) is 2. The fourth-order valence-electron chi connectivity index (χ4n) is 3.64. The monoisotopic (exact) mass is 401 g/mol. The quantitative estimate of drug-likeness (QED) is 0.569. The maximum absolute atomic E-state index is 11.9. The Bertz CT molecular complexity index is 980. The molecule has 2 aromatic rings. The van der Waals surface area contributed by atoms with E-state index in [0.29, 0.717) is 31.0 Å². The molecule has 11 nitrogen and oxygen atoms in total. The zero-order valence-electron chi connectivity index (χ0n) is 16.1. The molecule has 1 saturated heterocycles. The number of aromatic nitrogens is 3. The molecule has 29 heavy (non-hydrogen) atoms. The minimum Gasteiger partial charge on any atom is -0.381 e. The van der Waals surface area contributed by atoms with Crippen LogP contribution in [-0.4, -0.2) is 57.1 Å². The number of rotatable bonds is 6. The Hall–Kier alpha value is -3.21. The van der Waals surface area contributed by atoms with Crippen LogP contribution in [0.1, 0.15) is 31.7 Å². The number of carbonyl (C=O) groups is 2. The van der Waals surface area contributed by atoms with Gasteiger partial charge in [-0.25, -0.2) is 9.67 Å². The average molecular weight is 401 g/mol. The van der Waals surface area contributed by atoms with Crippen LogP contribution in [-0.2, 0) is 25.7 Å². The summed E-state index contributed by atoms with van der Waals surface area (Å²) in [6, 6.07) is 0.193. The standard InChI is InChI=1S/C18H23N7O4/c1-2-25-15-12(9-22-25)14(23-10-3-5-28-6-4-10)11(8-21-15)13-7-18(16(19)26,17(20)27)29-24-13/h8-10H,2-7H2,1H3,(H2,19,26)(H2,20,27)(H,21,23). The molecule has 1 fully saturated rings. The number of aryl methyl sites for hydroxylation is 1. The largest absolute Gasteiger partial charge is 0.381 e. The molecular formula is C18H23N7O4. The molecule has 0 aliphatic carbocycles. The van der Waals surface area contributed by atoms with Crippen LogP contribution < -0.4 is 16.8 Å². The van der Waals surface area contributed by atoms with E-state index in [1.807, 2.05) is 6.92 Å². The van der Waals surface area contributed by atoms with E-state index in [0.717, 1.165) is 29.6 Å². The number of hydrogen-bond acceptors (Lipinski definition) is 8. The molecule has 5 N–H and O–H groups in total. The molecule has 0 bridgehead atoms. The van der Waals surface area contributed by atoms with Gasteiger partial charge in [-0.2, -0.15) is 5.10 Å². The fraction of sp³-hybridized carbons (Fsp3) is 0.500. The zero-order valence-corrected chi connectivity index (χ0v) is 16.1. The van der Waals surface area contributed by atoms with Crippen molar-refractivity contribution < 1.29 is 19.2 Å². The average Bonchev–Trinajstić information content (AvgIpc) is 3.34. The van der Waals surface area contributed by atoms with Gasteiger partial charge in [0.2, 0.25) is 0 Å². The van der Waals surface area contributed by atoms with Crippen LogP contribution in [0, 0.1) is 0 Å². The minimum absolute atomic E-state index is 0.158. The molecule has 0 aromatic carbocycles. The van der Waals surface area contributed by atoms with Gasteiger partial charge in [0.25, 0.3) is 17.4 Å². The van der Waals surface area contributed by atoms with Crippen LogP contribution in [0.2, 0.25) is 0 Å². The van der Waals surface area contributed by atoms with E-state index in [1.54, 1.807) is 17.1 Å². The predicted molar refractivity (Wildman–Crippen MR) is 104 cm³/mol. The molecule has 154 valence electrons. The summed E-state index contributed by atoms with van der Waals surface area (Å²) < 4.78 is 7.23. The summed E-state index contributed by atoms with van der Waals surface area (Å²) >= 11 is 0. The number of amides is 2. The summed E-state index contributed by atoms with van der Waals surface area (Å²) in [5, 5.41) is 12.7. The van der Waals surface area contributed by atoms with Gasteiger partial charge in [-0.3, -0.25) is 9.59 Å². The Kier molecular flexibility index (Phi) is 4.82. The molecule has 2 aromatic heterocycles. The van der Waals surface area contributed by atoms with Crippen LogP contribution in [0.4, 0.5) is 5.69 Å². The Morgan fingerprint density at radius 3 is 2.62 bits per heavy atom. The molecule has 0 saturated carbocycles. The first-order chi connectivity index (χ1) is 14.0. The summed E-state index contributed by atoms with van der Waals surface area (Å²) in [7, 11) is 0. The normalized spacial score (nSPS) is 19.0. The van der Waals surface area contributed by atoms with Gasteiger partial charge in [0.1, 0.15) is 0 Å². The summed E-state index contributed by atoms with van der Waals surface area (Å²) in [4.78, 5) is 33.4. The van der Waals surface area contributed by atoms with Crippen molar-refractivity contribution in [3.63, 3.8) is 0 Å². The van der Waals surface area contributed by atoms with Gasteiger partial charge in [0.15, 0.2) is 5.65 Å². The lowest BCUT2D eigenvalue weighted by Gasteiger charge is -2.25. The van der Waals surface area contributed by atoms with E-state index in [4.69, 9.17) is 21.0 Å². The number of anilines is 1. The highest BCUT2D eigenvalue weighted by Gasteiger charge is 2.51. The van der Waals surface area contributed by atoms with Gasteiger partial charge in [0, 0.05) is 37.6 Å². The summed E-state index contributed by atoms with van der Waals surface area (Å²) in [5.41, 5.74) is 11.2. The Morgan fingerprint density at radius 1 is 1.28 bits per heavy atom. The van der Waals surface area contributed by atoms with E-state index in [2.05, 4.69) is 20.6 Å². The third-order valence-corrected chi connectivity index (χ3v) is 5.37. The SMILES string of the molecule is CCn1ncc2c(NC3CCOCC3)c(C3=NOC(C(N)=O)(C(N)=O)C3)cnc21. The molecule has 2 amide bonds. The third-order valence-electron chi connectivity index (χ3n) is 5.37. The molecule has 4 heterocycles. The minimum atomic E-state index is -1.99. The first-order valence-corrected chi connectivity index (χ1v) is 9.50. The third kappa shape index (κ3) is 3.16. The maximum atomic E-state index is 11.9. The molecule has 2 aliphatic rings. The maximum Gasteiger partial charge on any atom is 0.296 e. The number of ether oxygens (including phenoxy) is 1. The molecule has 0 atom stereocenters. The van der Waals surface area contributed by atoms with Gasteiger partial charge in [-0.15, -0.1) is 0 Å². The van der Waals surface area contributed by atoms with Gasteiger partial charge in [-0.1, -0.05) is 5.16 Å². The second-order valence-corrected chi connectivity index (χ2v) is 7.14. The van der Waals surface area contributed by atoms with Crippen LogP contribution in [0.25, 0.3) is 11.0 Å². The summed E-state index contributed by atoms with van der Waals surface area (Å²) in [5.74, 6) is -1.95. The van der Waals surface area contributed by atoms with Crippen LogP contribution in [0.3, 0.4) is 0 Å². The van der Waals surface area contributed by atoms with Crippen LogP contribution in [0.15, 0.2) is 17.5 Å². The lowest BCUT2D eigenvalue weighted by molar-refractivity contribution is -0.153. The number of nitrogens with one attached hydrogen (secondary N) is 1. The highest BCUT2D eigenvalue weighted by Crippen LogP contribution is 2.34. The van der Waals surface area contributed by atoms with Gasteiger partial charge >= 0.3 is 0 Å². The first kappa shape index (κ1) is 19.1. The van der Waals surface area contributed by atoms with Gasteiger partial charge in [-0.05, 0) is 19.8 Å². The second kappa shape index (κ2) is 7.32. The summed E-state index contributed by atoms with van der Waals surface area (Å²) in [6.45, 7) is 4.00. The fourth-order valence-corrected chi connectivity index (χ4v) is 3.64. The molecule has 2 aliphatic heterocycles. The van der Waals surface area contributed by atoms with Crippen molar-refractivity contribution in [3.05, 3.63) is 18.0 Å². The number of hydrogen-bond donors (Lipinski definition) is 3. The van der Waals surface area contributed by atoms with Crippen molar-refractivity contribution >= 4 is 34.2 Å². The first-order valence-electron chi connectivity index (χ1n) is 9.50. The van der Waals surface area contributed by atoms with Crippen LogP contribution in [0.5, 0.6) is 0 Å². The number of primary amides is 2.